The Labute approximate surface area is 253 Å². The minimum atomic E-state index is -0.183. The molecule has 0 saturated heterocycles. The zero-order valence-corrected chi connectivity index (χ0v) is 24.6. The van der Waals surface area contributed by atoms with Crippen molar-refractivity contribution in [3.63, 3.8) is 0 Å². The first-order valence-electron chi connectivity index (χ1n) is 13.4. The molecule has 0 bridgehead atoms. The highest BCUT2D eigenvalue weighted by Crippen LogP contribution is 2.33. The van der Waals surface area contributed by atoms with E-state index in [0.717, 1.165) is 38.7 Å². The minimum Gasteiger partial charge on any atom is -0.496 e. The number of para-hydroxylation sites is 2. The molecule has 2 heterocycles. The number of hydrazone groups is 1. The van der Waals surface area contributed by atoms with E-state index in [1.807, 2.05) is 121 Å². The maximum atomic E-state index is 13.9. The Bertz CT molecular complexity index is 1800. The van der Waals surface area contributed by atoms with Gasteiger partial charge in [0.2, 0.25) is 0 Å². The molecule has 208 valence electrons. The van der Waals surface area contributed by atoms with Crippen LogP contribution in [0.5, 0.6) is 5.75 Å². The van der Waals surface area contributed by atoms with Crippen molar-refractivity contribution in [1.29, 1.82) is 0 Å². The van der Waals surface area contributed by atoms with Crippen LogP contribution >= 0.6 is 23.4 Å². The van der Waals surface area contributed by atoms with Crippen LogP contribution in [0.4, 0.5) is 5.69 Å². The fraction of sp³-hybridized carbons (Fsp3) is 0.0882. The molecule has 0 radical (unpaired) electrons. The molecule has 6 nitrogen and oxygen atoms in total. The molecule has 0 spiro atoms. The van der Waals surface area contributed by atoms with Gasteiger partial charge in [-0.15, -0.1) is 11.8 Å². The topological polar surface area (TPSA) is 59.7 Å². The Morgan fingerprint density at radius 3 is 2.26 bits per heavy atom. The van der Waals surface area contributed by atoms with E-state index >= 15 is 0 Å². The van der Waals surface area contributed by atoms with Crippen molar-refractivity contribution in [1.82, 2.24) is 9.78 Å². The second-order valence-corrected chi connectivity index (χ2v) is 11.2. The Kier molecular flexibility index (Phi) is 7.95. The van der Waals surface area contributed by atoms with E-state index in [1.54, 1.807) is 18.9 Å². The largest absolute Gasteiger partial charge is 0.496 e. The summed E-state index contributed by atoms with van der Waals surface area (Å²) in [5, 5.41) is 11.9. The van der Waals surface area contributed by atoms with Crippen molar-refractivity contribution in [2.75, 3.05) is 17.9 Å². The molecule has 5 aromatic rings. The SMILES string of the molecule is COc1ccc(-c2nn(-c3ccccc3)cc2/C=C2\C(=O)N(c3ccccc3)N=C2CSc2ccc(Cl)cc2)cc1C. The van der Waals surface area contributed by atoms with Gasteiger partial charge in [0.05, 0.1) is 35.5 Å². The number of thioether (sulfide) groups is 1. The number of methoxy groups -OCH3 is 1. The summed E-state index contributed by atoms with van der Waals surface area (Å²) in [6.07, 6.45) is 3.87. The number of amides is 1. The molecule has 8 heteroatoms. The van der Waals surface area contributed by atoms with Crippen molar-refractivity contribution in [2.24, 2.45) is 5.10 Å². The van der Waals surface area contributed by atoms with Gasteiger partial charge in [0.15, 0.2) is 0 Å². The molecule has 0 fully saturated rings. The molecule has 4 aromatic carbocycles. The van der Waals surface area contributed by atoms with Crippen molar-refractivity contribution in [3.8, 4) is 22.7 Å². The van der Waals surface area contributed by atoms with Crippen LogP contribution in [0.2, 0.25) is 5.02 Å². The lowest BCUT2D eigenvalue weighted by atomic mass is 10.0. The van der Waals surface area contributed by atoms with Gasteiger partial charge in [-0.25, -0.2) is 4.68 Å². The van der Waals surface area contributed by atoms with Gasteiger partial charge in [-0.1, -0.05) is 48.0 Å². The highest BCUT2D eigenvalue weighted by Gasteiger charge is 2.31. The summed E-state index contributed by atoms with van der Waals surface area (Å²) in [6, 6.07) is 33.0. The van der Waals surface area contributed by atoms with E-state index in [2.05, 4.69) is 6.07 Å². The lowest BCUT2D eigenvalue weighted by molar-refractivity contribution is -0.114. The third kappa shape index (κ3) is 5.75. The third-order valence-electron chi connectivity index (χ3n) is 6.88. The second kappa shape index (κ2) is 12.1. The van der Waals surface area contributed by atoms with Gasteiger partial charge < -0.3 is 4.74 Å². The number of hydrogen-bond donors (Lipinski definition) is 0. The van der Waals surface area contributed by atoms with Crippen LogP contribution in [0.3, 0.4) is 0 Å². The Hall–Kier alpha value is -4.59. The van der Waals surface area contributed by atoms with Crippen LogP contribution in [-0.4, -0.2) is 34.3 Å². The number of benzene rings is 4. The van der Waals surface area contributed by atoms with Gasteiger partial charge in [-0.05, 0) is 85.3 Å². The molecular weight excluding hydrogens is 564 g/mol. The Morgan fingerprint density at radius 1 is 0.905 bits per heavy atom. The maximum Gasteiger partial charge on any atom is 0.280 e. The zero-order valence-electron chi connectivity index (χ0n) is 23.1. The summed E-state index contributed by atoms with van der Waals surface area (Å²) in [6.45, 7) is 2.01. The molecule has 0 unspecified atom stereocenters. The highest BCUT2D eigenvalue weighted by molar-refractivity contribution is 8.00. The average molecular weight is 591 g/mol. The van der Waals surface area contributed by atoms with Gasteiger partial charge in [0.25, 0.3) is 5.91 Å². The standard InChI is InChI=1S/C34H27ClN4O2S/c1-23-19-24(13-18-32(23)41-2)33-25(21-38(37-33)27-9-5-3-6-10-27)20-30-31(22-42-29-16-14-26(35)15-17-29)36-39(34(30)40)28-11-7-4-8-12-28/h3-21H,22H2,1-2H3/b30-20-. The van der Waals surface area contributed by atoms with Crippen LogP contribution in [-0.2, 0) is 4.79 Å². The number of carbonyl (C=O) groups excluding carboxylic acids is 1. The second-order valence-electron chi connectivity index (χ2n) is 9.70. The molecule has 1 aromatic heterocycles. The molecule has 6 rings (SSSR count). The monoisotopic (exact) mass is 590 g/mol. The molecule has 0 atom stereocenters. The number of aromatic nitrogens is 2. The fourth-order valence-corrected chi connectivity index (χ4v) is 5.72. The number of anilines is 1. The van der Waals surface area contributed by atoms with E-state index < -0.39 is 0 Å². The average Bonchev–Trinajstić information content (AvgIpc) is 3.59. The molecule has 0 saturated carbocycles. The number of halogens is 1. The zero-order chi connectivity index (χ0) is 29.1. The van der Waals surface area contributed by atoms with Crippen molar-refractivity contribution in [3.05, 3.63) is 131 Å². The van der Waals surface area contributed by atoms with E-state index in [-0.39, 0.29) is 5.91 Å². The lowest BCUT2D eigenvalue weighted by Gasteiger charge is -2.11. The Morgan fingerprint density at radius 2 is 1.60 bits per heavy atom. The first-order chi connectivity index (χ1) is 20.5. The summed E-state index contributed by atoms with van der Waals surface area (Å²) in [5.74, 6) is 1.13. The normalized spacial score (nSPS) is 14.0. The number of nitrogens with zero attached hydrogens (tertiary/aromatic N) is 4. The molecule has 42 heavy (non-hydrogen) atoms. The van der Waals surface area contributed by atoms with Crippen LogP contribution in [0.15, 0.2) is 125 Å². The number of carbonyl (C=O) groups is 1. The molecule has 1 aliphatic rings. The number of aryl methyl sites for hydroxylation is 1. The van der Waals surface area contributed by atoms with Gasteiger partial charge in [0.1, 0.15) is 5.75 Å². The first-order valence-corrected chi connectivity index (χ1v) is 14.7. The minimum absolute atomic E-state index is 0.183. The molecule has 1 aliphatic heterocycles. The van der Waals surface area contributed by atoms with Crippen LogP contribution in [0.25, 0.3) is 23.0 Å². The van der Waals surface area contributed by atoms with Crippen molar-refractivity contribution in [2.45, 2.75) is 11.8 Å². The Balaban J connectivity index is 1.44. The first kappa shape index (κ1) is 27.6. The van der Waals surface area contributed by atoms with E-state index in [4.69, 9.17) is 26.5 Å². The predicted molar refractivity (Wildman–Crippen MR) is 172 cm³/mol. The number of hydrogen-bond acceptors (Lipinski definition) is 5. The van der Waals surface area contributed by atoms with Gasteiger partial charge in [0, 0.05) is 33.0 Å². The summed E-state index contributed by atoms with van der Waals surface area (Å²) in [7, 11) is 1.66. The number of rotatable bonds is 8. The van der Waals surface area contributed by atoms with Gasteiger partial charge in [-0.2, -0.15) is 15.2 Å². The molecular formula is C34H27ClN4O2S. The highest BCUT2D eigenvalue weighted by atomic mass is 35.5. The van der Waals surface area contributed by atoms with Crippen LogP contribution < -0.4 is 9.75 Å². The predicted octanol–water partition coefficient (Wildman–Crippen LogP) is 8.09. The number of ether oxygens (including phenoxy) is 1. The summed E-state index contributed by atoms with van der Waals surface area (Å²) in [4.78, 5) is 15.0. The van der Waals surface area contributed by atoms with E-state index in [1.165, 1.54) is 5.01 Å². The van der Waals surface area contributed by atoms with E-state index in [0.29, 0.717) is 27.7 Å². The van der Waals surface area contributed by atoms with Gasteiger partial charge >= 0.3 is 0 Å². The van der Waals surface area contributed by atoms with Crippen molar-refractivity contribution < 1.29 is 9.53 Å². The quantitative estimate of drug-likeness (QED) is 0.135. The molecule has 0 N–H and O–H groups in total. The smallest absolute Gasteiger partial charge is 0.280 e. The third-order valence-corrected chi connectivity index (χ3v) is 8.15. The van der Waals surface area contributed by atoms with Gasteiger partial charge in [-0.3, -0.25) is 4.79 Å². The molecule has 1 amide bonds. The van der Waals surface area contributed by atoms with Crippen LogP contribution in [0, 0.1) is 6.92 Å². The van der Waals surface area contributed by atoms with Crippen LogP contribution in [0.1, 0.15) is 11.1 Å². The summed E-state index contributed by atoms with van der Waals surface area (Å²) < 4.78 is 7.33. The van der Waals surface area contributed by atoms with Crippen molar-refractivity contribution >= 4 is 46.7 Å². The fourth-order valence-electron chi connectivity index (χ4n) is 4.75. The van der Waals surface area contributed by atoms with E-state index in [9.17, 15) is 4.79 Å². The summed E-state index contributed by atoms with van der Waals surface area (Å²) in [5.41, 5.74) is 6.34. The lowest BCUT2D eigenvalue weighted by Crippen LogP contribution is -2.21. The molecule has 0 aliphatic carbocycles. The maximum absolute atomic E-state index is 13.9. The summed E-state index contributed by atoms with van der Waals surface area (Å²) >= 11 is 7.69.